The lowest BCUT2D eigenvalue weighted by Gasteiger charge is -2.40. The summed E-state index contributed by atoms with van der Waals surface area (Å²) in [5, 5.41) is 3.46. The predicted molar refractivity (Wildman–Crippen MR) is 82.8 cm³/mol. The molecule has 0 bridgehead atoms. The Morgan fingerprint density at radius 1 is 1.30 bits per heavy atom. The van der Waals surface area contributed by atoms with Gasteiger partial charge in [0.2, 0.25) is 5.91 Å². The Bertz CT molecular complexity index is 326. The van der Waals surface area contributed by atoms with Crippen LogP contribution < -0.4 is 5.32 Å². The number of nitrogens with one attached hydrogen (secondary N) is 1. The number of likely N-dealkylation sites (tertiary alicyclic amines) is 1. The fourth-order valence-electron chi connectivity index (χ4n) is 3.82. The molecule has 1 aliphatic carbocycles. The second kappa shape index (κ2) is 6.90. The first kappa shape index (κ1) is 15.8. The molecular weight excluding hydrogens is 250 g/mol. The number of piperidine rings is 1. The average molecular weight is 281 g/mol. The summed E-state index contributed by atoms with van der Waals surface area (Å²) in [6.07, 6.45) is 9.14. The first-order valence-corrected chi connectivity index (χ1v) is 8.19. The lowest BCUT2D eigenvalue weighted by molar-refractivity contribution is -0.134. The van der Waals surface area contributed by atoms with Gasteiger partial charge in [0.15, 0.2) is 0 Å². The summed E-state index contributed by atoms with van der Waals surface area (Å²) < 4.78 is 0. The second-order valence-electron chi connectivity index (χ2n) is 6.83. The Morgan fingerprint density at radius 2 is 2.00 bits per heavy atom. The molecule has 4 heteroatoms. The van der Waals surface area contributed by atoms with Gasteiger partial charge in [-0.15, -0.1) is 0 Å². The lowest BCUT2D eigenvalue weighted by Crippen LogP contribution is -2.52. The van der Waals surface area contributed by atoms with Gasteiger partial charge in [-0.25, -0.2) is 0 Å². The minimum Gasteiger partial charge on any atom is -0.341 e. The van der Waals surface area contributed by atoms with Crippen molar-refractivity contribution in [1.82, 2.24) is 15.1 Å². The molecule has 0 spiro atoms. The Hall–Kier alpha value is -0.610. The maximum atomic E-state index is 12.6. The Kier molecular flexibility index (Phi) is 5.44. The van der Waals surface area contributed by atoms with Crippen LogP contribution in [0, 0.1) is 0 Å². The molecule has 1 amide bonds. The highest BCUT2D eigenvalue weighted by molar-refractivity contribution is 5.77. The van der Waals surface area contributed by atoms with Gasteiger partial charge >= 0.3 is 0 Å². The van der Waals surface area contributed by atoms with Crippen LogP contribution in [0.2, 0.25) is 0 Å². The zero-order valence-electron chi connectivity index (χ0n) is 13.5. The Balaban J connectivity index is 1.92. The summed E-state index contributed by atoms with van der Waals surface area (Å²) in [7, 11) is 6.17. The molecule has 1 aliphatic heterocycles. The highest BCUT2D eigenvalue weighted by atomic mass is 16.2. The van der Waals surface area contributed by atoms with Gasteiger partial charge in [-0.1, -0.05) is 19.3 Å². The molecule has 0 aromatic heterocycles. The van der Waals surface area contributed by atoms with E-state index in [4.69, 9.17) is 0 Å². The van der Waals surface area contributed by atoms with Crippen molar-refractivity contribution < 1.29 is 4.79 Å². The zero-order chi connectivity index (χ0) is 14.6. The molecule has 0 aromatic rings. The van der Waals surface area contributed by atoms with E-state index in [2.05, 4.69) is 17.3 Å². The number of amides is 1. The van der Waals surface area contributed by atoms with Crippen molar-refractivity contribution in [3.63, 3.8) is 0 Å². The molecule has 1 heterocycles. The summed E-state index contributed by atoms with van der Waals surface area (Å²) in [6, 6.07) is 0.402. The number of likely N-dealkylation sites (N-methyl/N-ethyl adjacent to an activating group) is 2. The van der Waals surface area contributed by atoms with Gasteiger partial charge in [0.25, 0.3) is 0 Å². The number of rotatable bonds is 4. The Labute approximate surface area is 123 Å². The number of nitrogens with zero attached hydrogens (tertiary/aromatic N) is 2. The SMILES string of the molecule is CNC1(CC(=O)N(C)C2CCCN(C)C2)CCCCC1. The van der Waals surface area contributed by atoms with Crippen molar-refractivity contribution >= 4 is 5.91 Å². The average Bonchev–Trinajstić information content (AvgIpc) is 2.47. The highest BCUT2D eigenvalue weighted by Crippen LogP contribution is 2.31. The van der Waals surface area contributed by atoms with Gasteiger partial charge in [-0.3, -0.25) is 4.79 Å². The van der Waals surface area contributed by atoms with Gasteiger partial charge in [-0.05, 0) is 46.3 Å². The van der Waals surface area contributed by atoms with Crippen LogP contribution in [0.25, 0.3) is 0 Å². The van der Waals surface area contributed by atoms with Crippen LogP contribution in [0.5, 0.6) is 0 Å². The van der Waals surface area contributed by atoms with E-state index in [9.17, 15) is 4.79 Å². The molecule has 0 aromatic carbocycles. The maximum Gasteiger partial charge on any atom is 0.224 e. The standard InChI is InChI=1S/C16H31N3O/c1-17-16(9-5-4-6-10-16)12-15(20)19(3)14-8-7-11-18(2)13-14/h14,17H,4-13H2,1-3H3. The van der Waals surface area contributed by atoms with E-state index in [1.807, 2.05) is 19.0 Å². The molecule has 1 unspecified atom stereocenters. The molecule has 1 saturated heterocycles. The molecule has 20 heavy (non-hydrogen) atoms. The minimum absolute atomic E-state index is 0.0597. The third-order valence-corrected chi connectivity index (χ3v) is 5.37. The normalized spacial score (nSPS) is 27.2. The first-order valence-electron chi connectivity index (χ1n) is 8.19. The van der Waals surface area contributed by atoms with Crippen molar-refractivity contribution in [2.24, 2.45) is 0 Å². The molecule has 1 atom stereocenters. The van der Waals surface area contributed by atoms with E-state index < -0.39 is 0 Å². The zero-order valence-corrected chi connectivity index (χ0v) is 13.5. The predicted octanol–water partition coefficient (Wildman–Crippen LogP) is 1.85. The Morgan fingerprint density at radius 3 is 2.60 bits per heavy atom. The van der Waals surface area contributed by atoms with Crippen molar-refractivity contribution in [3.05, 3.63) is 0 Å². The van der Waals surface area contributed by atoms with Crippen LogP contribution >= 0.6 is 0 Å². The summed E-state index contributed by atoms with van der Waals surface area (Å²) in [4.78, 5) is 17.0. The van der Waals surface area contributed by atoms with Crippen LogP contribution in [0.15, 0.2) is 0 Å². The van der Waals surface area contributed by atoms with Crippen molar-refractivity contribution in [2.45, 2.75) is 62.9 Å². The molecule has 116 valence electrons. The van der Waals surface area contributed by atoms with Crippen LogP contribution in [0.4, 0.5) is 0 Å². The molecule has 2 rings (SSSR count). The fourth-order valence-corrected chi connectivity index (χ4v) is 3.82. The highest BCUT2D eigenvalue weighted by Gasteiger charge is 2.35. The summed E-state index contributed by atoms with van der Waals surface area (Å²) in [6.45, 7) is 2.19. The van der Waals surface area contributed by atoms with Gasteiger partial charge in [0.05, 0.1) is 0 Å². The number of hydrogen-bond donors (Lipinski definition) is 1. The van der Waals surface area contributed by atoms with Gasteiger partial charge in [0, 0.05) is 31.6 Å². The third kappa shape index (κ3) is 3.73. The number of carbonyl (C=O) groups is 1. The smallest absolute Gasteiger partial charge is 0.224 e. The largest absolute Gasteiger partial charge is 0.341 e. The quantitative estimate of drug-likeness (QED) is 0.854. The topological polar surface area (TPSA) is 35.6 Å². The van der Waals surface area contributed by atoms with Crippen LogP contribution in [-0.2, 0) is 4.79 Å². The van der Waals surface area contributed by atoms with Crippen molar-refractivity contribution in [3.8, 4) is 0 Å². The first-order chi connectivity index (χ1) is 9.56. The van der Waals surface area contributed by atoms with Gasteiger partial charge < -0.3 is 15.1 Å². The minimum atomic E-state index is 0.0597. The van der Waals surface area contributed by atoms with E-state index in [0.717, 1.165) is 25.8 Å². The van der Waals surface area contributed by atoms with E-state index in [0.29, 0.717) is 18.4 Å². The van der Waals surface area contributed by atoms with Gasteiger partial charge in [0.1, 0.15) is 0 Å². The molecular formula is C16H31N3O. The van der Waals surface area contributed by atoms with Crippen molar-refractivity contribution in [2.75, 3.05) is 34.2 Å². The third-order valence-electron chi connectivity index (χ3n) is 5.37. The van der Waals surface area contributed by atoms with E-state index in [1.165, 1.54) is 32.2 Å². The van der Waals surface area contributed by atoms with Crippen LogP contribution in [0.1, 0.15) is 51.4 Å². The molecule has 1 saturated carbocycles. The van der Waals surface area contributed by atoms with Crippen LogP contribution in [0.3, 0.4) is 0 Å². The summed E-state index contributed by atoms with van der Waals surface area (Å²) >= 11 is 0. The summed E-state index contributed by atoms with van der Waals surface area (Å²) in [5.74, 6) is 0.321. The van der Waals surface area contributed by atoms with Crippen molar-refractivity contribution in [1.29, 1.82) is 0 Å². The molecule has 0 radical (unpaired) electrons. The van der Waals surface area contributed by atoms with E-state index in [1.54, 1.807) is 0 Å². The molecule has 2 aliphatic rings. The summed E-state index contributed by atoms with van der Waals surface area (Å²) in [5.41, 5.74) is 0.0597. The number of carbonyl (C=O) groups excluding carboxylic acids is 1. The van der Waals surface area contributed by atoms with E-state index in [-0.39, 0.29) is 5.54 Å². The molecule has 4 nitrogen and oxygen atoms in total. The second-order valence-corrected chi connectivity index (χ2v) is 6.83. The molecule has 2 fully saturated rings. The lowest BCUT2D eigenvalue weighted by atomic mass is 9.79. The molecule has 1 N–H and O–H groups in total. The van der Waals surface area contributed by atoms with E-state index >= 15 is 0 Å². The van der Waals surface area contributed by atoms with Gasteiger partial charge in [-0.2, -0.15) is 0 Å². The fraction of sp³-hybridized carbons (Fsp3) is 0.938. The maximum absolute atomic E-state index is 12.6. The monoisotopic (exact) mass is 281 g/mol. The van der Waals surface area contributed by atoms with Crippen LogP contribution in [-0.4, -0.2) is 61.5 Å². The number of hydrogen-bond acceptors (Lipinski definition) is 3.